The van der Waals surface area contributed by atoms with Gasteiger partial charge in [0, 0.05) is 69.7 Å². The first-order valence-electron chi connectivity index (χ1n) is 34.1. The molecular weight excluding hydrogens is 1400 g/mol. The Bertz CT molecular complexity index is 3870. The fraction of sp³-hybridized carbons (Fsp3) is 0.423. The molecule has 13 amide bonds. The van der Waals surface area contributed by atoms with Gasteiger partial charge in [0.1, 0.15) is 66.2 Å². The number of aromatic nitrogens is 1. The van der Waals surface area contributed by atoms with Gasteiger partial charge >= 0.3 is 12.2 Å². The zero-order valence-corrected chi connectivity index (χ0v) is 59.8. The summed E-state index contributed by atoms with van der Waals surface area (Å²) in [7, 11) is 0. The van der Waals surface area contributed by atoms with Gasteiger partial charge in [0.25, 0.3) is 0 Å². The van der Waals surface area contributed by atoms with Gasteiger partial charge in [-0.3, -0.25) is 63.1 Å². The average molecular weight is 1490 g/mol. The first-order valence-corrected chi connectivity index (χ1v) is 34.5. The van der Waals surface area contributed by atoms with Crippen LogP contribution in [0.3, 0.4) is 0 Å². The number of aliphatic hydroxyl groups is 1. The van der Waals surface area contributed by atoms with E-state index in [4.69, 9.17) is 49.2 Å². The highest BCUT2D eigenvalue weighted by atomic mass is 35.5. The Morgan fingerprint density at radius 2 is 1.02 bits per heavy atom. The number of hydrogen-bond acceptors (Lipinski definition) is 17. The third-order valence-corrected chi connectivity index (χ3v) is 17.0. The summed E-state index contributed by atoms with van der Waals surface area (Å²) in [5.74, 6) is -9.97. The number of aromatic hydroxyl groups is 1. The van der Waals surface area contributed by atoms with Crippen molar-refractivity contribution in [2.45, 2.75) is 159 Å². The number of carbonyl (C=O) groups excluding carboxylic acids is 12. The maximum absolute atomic E-state index is 14.9. The average Bonchev–Trinajstić information content (AvgIpc) is 1.47. The lowest BCUT2D eigenvalue weighted by Crippen LogP contribution is -2.61. The van der Waals surface area contributed by atoms with Crippen LogP contribution in [0.2, 0.25) is 5.02 Å². The topological polar surface area (TPSA) is 553 Å². The summed E-state index contributed by atoms with van der Waals surface area (Å²) in [6.07, 6.45) is 0.874. The maximum Gasteiger partial charge on any atom is 0.503 e. The molecule has 6 rings (SSSR count). The van der Waals surface area contributed by atoms with Crippen molar-refractivity contribution in [1.29, 1.82) is 5.41 Å². The summed E-state index contributed by atoms with van der Waals surface area (Å²) >= 11 is 6.23. The Morgan fingerprint density at radius 1 is 0.557 bits per heavy atom. The number of pyridine rings is 1. The molecule has 0 bridgehead atoms. The highest BCUT2D eigenvalue weighted by Gasteiger charge is 2.40. The number of phenols is 1. The summed E-state index contributed by atoms with van der Waals surface area (Å²) < 4.78 is 0. The van der Waals surface area contributed by atoms with Crippen LogP contribution >= 0.6 is 11.6 Å². The van der Waals surface area contributed by atoms with E-state index in [1.54, 1.807) is 50.2 Å². The van der Waals surface area contributed by atoms with Crippen LogP contribution in [-0.2, 0) is 78.4 Å². The molecule has 2 heterocycles. The molecular formula is C71H94ClN17O17. The van der Waals surface area contributed by atoms with Gasteiger partial charge in [-0.15, -0.1) is 0 Å². The third-order valence-electron chi connectivity index (χ3n) is 16.7. The van der Waals surface area contributed by atoms with E-state index in [2.05, 4.69) is 63.5 Å². The normalized spacial score (nSPS) is 14.9. The number of fused-ring (bicyclic) bond motifs is 1. The Hall–Kier alpha value is -11.7. The smallest absolute Gasteiger partial charge is 0.503 e. The van der Waals surface area contributed by atoms with Gasteiger partial charge in [-0.2, -0.15) is 0 Å². The van der Waals surface area contributed by atoms with E-state index in [0.717, 1.165) is 10.8 Å². The number of likely N-dealkylation sites (tertiary alicyclic amines) is 1. The minimum atomic E-state index is -1.85. The van der Waals surface area contributed by atoms with Gasteiger partial charge in [-0.1, -0.05) is 98.2 Å². The number of halogens is 1. The summed E-state index contributed by atoms with van der Waals surface area (Å²) in [6, 6.07) is 13.4. The molecule has 1 fully saturated rings. The number of nitrogens with two attached hydrogens (primary N) is 3. The molecule has 10 atom stereocenters. The molecule has 5 aromatic rings. The minimum Gasteiger partial charge on any atom is -0.508 e. The highest BCUT2D eigenvalue weighted by Crippen LogP contribution is 2.22. The highest BCUT2D eigenvalue weighted by molar-refractivity contribution is 6.30. The lowest BCUT2D eigenvalue weighted by atomic mass is 9.99. The second-order valence-electron chi connectivity index (χ2n) is 25.7. The van der Waals surface area contributed by atoms with E-state index >= 15 is 0 Å². The van der Waals surface area contributed by atoms with Crippen molar-refractivity contribution >= 4 is 105 Å². The van der Waals surface area contributed by atoms with E-state index in [1.807, 2.05) is 42.5 Å². The fourth-order valence-corrected chi connectivity index (χ4v) is 11.5. The first-order chi connectivity index (χ1) is 50.3. The molecule has 4 aromatic carbocycles. The van der Waals surface area contributed by atoms with Crippen LogP contribution in [0.5, 0.6) is 5.75 Å². The van der Waals surface area contributed by atoms with Crippen molar-refractivity contribution < 1.29 is 82.8 Å². The Kier molecular flexibility index (Phi) is 34.3. The molecule has 0 radical (unpaired) electrons. The first kappa shape index (κ1) is 85.0. The Morgan fingerprint density at radius 3 is 1.55 bits per heavy atom. The molecule has 106 heavy (non-hydrogen) atoms. The van der Waals surface area contributed by atoms with Crippen molar-refractivity contribution in [1.82, 2.24) is 68.4 Å². The Labute approximate surface area is 616 Å². The second-order valence-corrected chi connectivity index (χ2v) is 26.1. The zero-order valence-electron chi connectivity index (χ0n) is 59.0. The number of hydrogen-bond donors (Lipinski definition) is 19. The lowest BCUT2D eigenvalue weighted by molar-refractivity contribution is -0.142. The number of primary amides is 2. The van der Waals surface area contributed by atoms with Crippen molar-refractivity contribution in [2.75, 3.05) is 26.2 Å². The SMILES string of the molecule is CC(=O)N[C@H](Cc1ccc2ccccc2c1)C(=O)N[C@H](Cc1ccc(Cl)cc1)C(=O)N[C@H](Cc1cccnc1)C(=O)N[C@@H](CO)C(=O)N[C@@H](Cc1ccc(O)cc1)C(=O)N[C@H](CCCNC(N)=O)C(=O)N[C@@H](CC(C)C)C(=O)N[C@@H](CCCNC(=N)N)C(=O)N1CCC[C@H]1C(=O)N[C@H](C)C(N)=O.O=C(O)O. The summed E-state index contributed by atoms with van der Waals surface area (Å²) in [4.78, 5) is 181. The number of amides is 13. The van der Waals surface area contributed by atoms with Gasteiger partial charge in [0.15, 0.2) is 5.96 Å². The van der Waals surface area contributed by atoms with E-state index < -0.39 is 144 Å². The standard InChI is InChI=1S/C70H92ClN17O14.CH2O3/c1-39(2)31-52(61(94)82-51(15-9-28-77-69(73)74)68(101)88-30-10-16-58(88)67(100)79-40(3)59(72)92)83-60(93)50(14-8-29-78-70(75)102)81-63(96)54(34-43-20-25-49(91)26-21-43)86-66(99)57(38-89)87-65(98)56(36-45-11-7-27-76-37-45)85-64(97)55(33-42-18-23-48(71)24-19-42)84-62(95)53(80-41(4)90)35-44-17-22-46-12-5-6-13-47(46)32-44;2-1(3)4/h5-7,11-13,17-27,32,37,39-40,50-58,89,91H,8-10,14-16,28-31,33-36,38H2,1-4H3,(H2,72,92)(H,79,100)(H,80,90)(H,81,96)(H,82,94)(H,83,93)(H,84,95)(H,85,97)(H,86,99)(H,87,98)(H4,73,74,77)(H3,75,78,102);(H2,2,3,4)/t40-,50-,51+,52+,53-,54+,55-,56-,57+,58+;/m1./s1. The maximum atomic E-state index is 14.9. The van der Waals surface area contributed by atoms with Crippen molar-refractivity contribution in [2.24, 2.45) is 23.1 Å². The number of aliphatic hydroxyl groups excluding tert-OH is 1. The number of benzene rings is 4. The molecule has 572 valence electrons. The molecule has 22 N–H and O–H groups in total. The van der Waals surface area contributed by atoms with Crippen molar-refractivity contribution in [3.8, 4) is 5.75 Å². The number of urea groups is 1. The van der Waals surface area contributed by atoms with Crippen LogP contribution in [0.4, 0.5) is 9.59 Å². The predicted octanol–water partition coefficient (Wildman–Crippen LogP) is -0.284. The summed E-state index contributed by atoms with van der Waals surface area (Å²) in [5, 5.41) is 73.7. The number of carboxylic acid groups (broad SMARTS) is 2. The van der Waals surface area contributed by atoms with Crippen LogP contribution < -0.4 is 75.7 Å². The molecule has 35 heteroatoms. The van der Waals surface area contributed by atoms with E-state index in [0.29, 0.717) is 33.7 Å². The Balaban J connectivity index is 0.00000491. The molecule has 0 unspecified atom stereocenters. The molecule has 0 saturated carbocycles. The number of rotatable bonds is 38. The molecule has 0 aliphatic carbocycles. The number of carbonyl (C=O) groups is 13. The van der Waals surface area contributed by atoms with Gasteiger partial charge in [0.05, 0.1) is 6.61 Å². The van der Waals surface area contributed by atoms with Crippen LogP contribution in [0, 0.1) is 11.3 Å². The number of nitrogens with zero attached hydrogens (tertiary/aromatic N) is 2. The van der Waals surface area contributed by atoms with Gasteiger partial charge in [-0.05, 0) is 121 Å². The summed E-state index contributed by atoms with van der Waals surface area (Å²) in [6.45, 7) is 5.20. The number of guanidine groups is 1. The molecule has 0 spiro atoms. The van der Waals surface area contributed by atoms with E-state index in [-0.39, 0.29) is 101 Å². The number of nitrogens with one attached hydrogen (secondary N) is 12. The predicted molar refractivity (Wildman–Crippen MR) is 388 cm³/mol. The molecule has 34 nitrogen and oxygen atoms in total. The largest absolute Gasteiger partial charge is 0.508 e. The monoisotopic (exact) mass is 1490 g/mol. The molecule has 1 aliphatic rings. The minimum absolute atomic E-state index is 0.00169. The summed E-state index contributed by atoms with van der Waals surface area (Å²) in [5.41, 5.74) is 18.3. The van der Waals surface area contributed by atoms with Crippen LogP contribution in [0.1, 0.15) is 94.9 Å². The van der Waals surface area contributed by atoms with E-state index in [9.17, 15) is 67.7 Å². The second kappa shape index (κ2) is 42.8. The van der Waals surface area contributed by atoms with Crippen LogP contribution in [0.25, 0.3) is 10.8 Å². The lowest BCUT2D eigenvalue weighted by Gasteiger charge is -2.31. The zero-order chi connectivity index (χ0) is 78.2. The third kappa shape index (κ3) is 29.2. The molecule has 1 aliphatic heterocycles. The number of phenolic OH excluding ortho intramolecular Hbond substituents is 1. The van der Waals surface area contributed by atoms with Gasteiger partial charge < -0.3 is 101 Å². The van der Waals surface area contributed by atoms with Crippen LogP contribution in [0.15, 0.2) is 116 Å². The fourth-order valence-electron chi connectivity index (χ4n) is 11.4. The molecule has 1 aromatic heterocycles. The molecule has 1 saturated heterocycles. The van der Waals surface area contributed by atoms with Crippen molar-refractivity contribution in [3.63, 3.8) is 0 Å². The quantitative estimate of drug-likeness (QED) is 0.0137. The van der Waals surface area contributed by atoms with Crippen molar-refractivity contribution in [3.05, 3.63) is 143 Å². The van der Waals surface area contributed by atoms with Gasteiger partial charge in [0.2, 0.25) is 65.0 Å². The van der Waals surface area contributed by atoms with Gasteiger partial charge in [-0.25, -0.2) is 9.59 Å². The van der Waals surface area contributed by atoms with E-state index in [1.165, 1.54) is 55.4 Å². The van der Waals surface area contributed by atoms with Crippen LogP contribution in [-0.4, -0.2) is 200 Å².